The normalized spacial score (nSPS) is 16.2. The Balaban J connectivity index is 1.73. The van der Waals surface area contributed by atoms with Crippen LogP contribution in [-0.2, 0) is 11.3 Å². The van der Waals surface area contributed by atoms with Gasteiger partial charge < -0.3 is 10.4 Å². The topological polar surface area (TPSA) is 52.6 Å². The van der Waals surface area contributed by atoms with E-state index in [9.17, 15) is 9.18 Å². The lowest BCUT2D eigenvalue weighted by atomic mass is 10.0. The molecular formula is C14H19FN2O2. The van der Waals surface area contributed by atoms with Gasteiger partial charge in [0.1, 0.15) is 5.82 Å². The molecule has 19 heavy (non-hydrogen) atoms. The van der Waals surface area contributed by atoms with Gasteiger partial charge in [-0.1, -0.05) is 12.1 Å². The van der Waals surface area contributed by atoms with Crippen molar-refractivity contribution >= 4 is 5.91 Å². The lowest BCUT2D eigenvalue weighted by Crippen LogP contribution is -2.51. The predicted molar refractivity (Wildman–Crippen MR) is 70.0 cm³/mol. The van der Waals surface area contributed by atoms with Crippen molar-refractivity contribution in [2.45, 2.75) is 13.5 Å². The highest BCUT2D eigenvalue weighted by Gasteiger charge is 2.26. The van der Waals surface area contributed by atoms with Crippen molar-refractivity contribution in [1.82, 2.24) is 10.2 Å². The molecule has 0 spiro atoms. The molecule has 0 aromatic heterocycles. The third-order valence-corrected chi connectivity index (χ3v) is 3.38. The van der Waals surface area contributed by atoms with Crippen LogP contribution in [-0.4, -0.2) is 42.2 Å². The summed E-state index contributed by atoms with van der Waals surface area (Å²) in [5.74, 6) is -0.0170. The van der Waals surface area contributed by atoms with Gasteiger partial charge in [-0.2, -0.15) is 0 Å². The number of hydrogen-bond acceptors (Lipinski definition) is 3. The summed E-state index contributed by atoms with van der Waals surface area (Å²) in [5.41, 5.74) is 1.36. The molecule has 5 heteroatoms. The molecule has 1 aromatic carbocycles. The van der Waals surface area contributed by atoms with Crippen LogP contribution in [0.1, 0.15) is 11.1 Å². The van der Waals surface area contributed by atoms with Gasteiger partial charge in [0.2, 0.25) is 5.91 Å². The number of nitrogens with one attached hydrogen (secondary N) is 1. The Morgan fingerprint density at radius 2 is 2.26 bits per heavy atom. The zero-order valence-electron chi connectivity index (χ0n) is 11.0. The summed E-state index contributed by atoms with van der Waals surface area (Å²) in [5, 5.41) is 11.6. The predicted octanol–water partition coefficient (Wildman–Crippen LogP) is 0.674. The highest BCUT2D eigenvalue weighted by Crippen LogP contribution is 2.13. The molecule has 1 heterocycles. The number of aliphatic hydroxyl groups excluding tert-OH is 1. The number of hydrogen-bond donors (Lipinski definition) is 2. The summed E-state index contributed by atoms with van der Waals surface area (Å²) in [7, 11) is 0. The van der Waals surface area contributed by atoms with Crippen LogP contribution in [0.2, 0.25) is 0 Å². The van der Waals surface area contributed by atoms with E-state index in [0.29, 0.717) is 24.6 Å². The van der Waals surface area contributed by atoms with Crippen molar-refractivity contribution in [2.75, 3.05) is 26.2 Å². The molecule has 1 amide bonds. The monoisotopic (exact) mass is 266 g/mol. The Morgan fingerprint density at radius 1 is 1.53 bits per heavy atom. The quantitative estimate of drug-likeness (QED) is 0.824. The summed E-state index contributed by atoms with van der Waals surface area (Å²) < 4.78 is 13.3. The number of carbonyl (C=O) groups excluding carboxylic acids is 1. The number of nitrogens with zero attached hydrogens (tertiary/aromatic N) is 1. The largest absolute Gasteiger partial charge is 0.396 e. The number of rotatable bonds is 5. The SMILES string of the molecule is Cc1ccc(CNC(=O)CN2CC(CO)C2)cc1F. The first-order valence-electron chi connectivity index (χ1n) is 6.43. The Bertz CT molecular complexity index is 459. The number of aryl methyl sites for hydroxylation is 1. The zero-order valence-corrected chi connectivity index (χ0v) is 11.0. The Kier molecular flexibility index (Phi) is 4.50. The molecule has 0 saturated carbocycles. The number of aliphatic hydroxyl groups is 1. The lowest BCUT2D eigenvalue weighted by Gasteiger charge is -2.37. The van der Waals surface area contributed by atoms with Gasteiger partial charge in [-0.05, 0) is 24.1 Å². The average molecular weight is 266 g/mol. The standard InChI is InChI=1S/C14H19FN2O2/c1-10-2-3-11(4-13(10)15)5-16-14(19)8-17-6-12(7-17)9-18/h2-4,12,18H,5-9H2,1H3,(H,16,19). The van der Waals surface area contributed by atoms with E-state index in [-0.39, 0.29) is 18.3 Å². The van der Waals surface area contributed by atoms with Gasteiger partial charge in [-0.15, -0.1) is 0 Å². The van der Waals surface area contributed by atoms with Crippen LogP contribution in [0.4, 0.5) is 4.39 Å². The molecular weight excluding hydrogens is 247 g/mol. The lowest BCUT2D eigenvalue weighted by molar-refractivity contribution is -0.124. The van der Waals surface area contributed by atoms with Crippen molar-refractivity contribution in [1.29, 1.82) is 0 Å². The molecule has 0 radical (unpaired) electrons. The fourth-order valence-corrected chi connectivity index (χ4v) is 2.13. The van der Waals surface area contributed by atoms with Gasteiger partial charge in [0.15, 0.2) is 0 Å². The van der Waals surface area contributed by atoms with Gasteiger partial charge in [0, 0.05) is 32.2 Å². The van der Waals surface area contributed by atoms with Crippen molar-refractivity contribution in [3.8, 4) is 0 Å². The molecule has 1 aliphatic heterocycles. The number of carbonyl (C=O) groups is 1. The second-order valence-electron chi connectivity index (χ2n) is 5.10. The maximum Gasteiger partial charge on any atom is 0.234 e. The van der Waals surface area contributed by atoms with Crippen molar-refractivity contribution in [3.05, 3.63) is 35.1 Å². The molecule has 2 N–H and O–H groups in total. The first-order valence-corrected chi connectivity index (χ1v) is 6.43. The highest BCUT2D eigenvalue weighted by atomic mass is 19.1. The number of benzene rings is 1. The minimum absolute atomic E-state index is 0.0719. The molecule has 104 valence electrons. The molecule has 2 rings (SSSR count). The molecule has 4 nitrogen and oxygen atoms in total. The van der Waals surface area contributed by atoms with E-state index in [1.165, 1.54) is 6.07 Å². The van der Waals surface area contributed by atoms with Crippen LogP contribution in [0.15, 0.2) is 18.2 Å². The first-order chi connectivity index (χ1) is 9.08. The van der Waals surface area contributed by atoms with Crippen molar-refractivity contribution in [3.63, 3.8) is 0 Å². The van der Waals surface area contributed by atoms with Gasteiger partial charge >= 0.3 is 0 Å². The van der Waals surface area contributed by atoms with Gasteiger partial charge in [-0.25, -0.2) is 4.39 Å². The molecule has 1 saturated heterocycles. The van der Waals surface area contributed by atoms with E-state index in [2.05, 4.69) is 5.32 Å². The maximum atomic E-state index is 13.3. The average Bonchev–Trinajstić information content (AvgIpc) is 2.34. The Labute approximate surface area is 112 Å². The second-order valence-corrected chi connectivity index (χ2v) is 5.10. The fourth-order valence-electron chi connectivity index (χ4n) is 2.13. The van der Waals surface area contributed by atoms with Crippen LogP contribution in [0, 0.1) is 18.7 Å². The van der Waals surface area contributed by atoms with Crippen LogP contribution < -0.4 is 5.32 Å². The first kappa shape index (κ1) is 14.0. The number of likely N-dealkylation sites (tertiary alicyclic amines) is 1. The molecule has 1 aromatic rings. The van der Waals surface area contributed by atoms with Crippen LogP contribution in [0.5, 0.6) is 0 Å². The Hall–Kier alpha value is -1.46. The van der Waals surface area contributed by atoms with E-state index in [0.717, 1.165) is 18.7 Å². The molecule has 0 bridgehead atoms. The second kappa shape index (κ2) is 6.12. The van der Waals surface area contributed by atoms with Gasteiger partial charge in [0.05, 0.1) is 6.54 Å². The van der Waals surface area contributed by atoms with E-state index >= 15 is 0 Å². The molecule has 0 atom stereocenters. The molecule has 0 unspecified atom stereocenters. The molecule has 1 aliphatic rings. The minimum atomic E-state index is -0.250. The summed E-state index contributed by atoms with van der Waals surface area (Å²) in [6.45, 7) is 4.10. The van der Waals surface area contributed by atoms with Crippen molar-refractivity contribution < 1.29 is 14.3 Å². The van der Waals surface area contributed by atoms with Crippen LogP contribution in [0.25, 0.3) is 0 Å². The van der Waals surface area contributed by atoms with Gasteiger partial charge in [0.25, 0.3) is 0 Å². The smallest absolute Gasteiger partial charge is 0.234 e. The van der Waals surface area contributed by atoms with Gasteiger partial charge in [-0.3, -0.25) is 9.69 Å². The fraction of sp³-hybridized carbons (Fsp3) is 0.500. The van der Waals surface area contributed by atoms with Crippen LogP contribution in [0.3, 0.4) is 0 Å². The minimum Gasteiger partial charge on any atom is -0.396 e. The number of amides is 1. The van der Waals surface area contributed by atoms with E-state index in [1.54, 1.807) is 13.0 Å². The highest BCUT2D eigenvalue weighted by molar-refractivity contribution is 5.78. The van der Waals surface area contributed by atoms with E-state index in [4.69, 9.17) is 5.11 Å². The van der Waals surface area contributed by atoms with Crippen LogP contribution >= 0.6 is 0 Å². The van der Waals surface area contributed by atoms with Crippen molar-refractivity contribution in [2.24, 2.45) is 5.92 Å². The molecule has 1 fully saturated rings. The summed E-state index contributed by atoms with van der Waals surface area (Å²) in [6.07, 6.45) is 0. The maximum absolute atomic E-state index is 13.3. The molecule has 0 aliphatic carbocycles. The zero-order chi connectivity index (χ0) is 13.8. The Morgan fingerprint density at radius 3 is 2.89 bits per heavy atom. The summed E-state index contributed by atoms with van der Waals surface area (Å²) in [6, 6.07) is 4.96. The summed E-state index contributed by atoms with van der Waals surface area (Å²) in [4.78, 5) is 13.6. The number of halogens is 1. The summed E-state index contributed by atoms with van der Waals surface area (Å²) >= 11 is 0. The third kappa shape index (κ3) is 3.75. The third-order valence-electron chi connectivity index (χ3n) is 3.38. The van der Waals surface area contributed by atoms with E-state index < -0.39 is 0 Å². The van der Waals surface area contributed by atoms with E-state index in [1.807, 2.05) is 11.0 Å².